The second kappa shape index (κ2) is 4.68. The maximum Gasteiger partial charge on any atom is 0.280 e. The Morgan fingerprint density at radius 2 is 1.79 bits per heavy atom. The Labute approximate surface area is 109 Å². The number of hydrogen-bond acceptors (Lipinski definition) is 6. The summed E-state index contributed by atoms with van der Waals surface area (Å²) in [5, 5.41) is 0.308. The third kappa shape index (κ3) is 1.83. The van der Waals surface area contributed by atoms with E-state index in [4.69, 9.17) is 20.1 Å². The van der Waals surface area contributed by atoms with Crippen molar-refractivity contribution in [2.24, 2.45) is 0 Å². The molecule has 0 saturated carbocycles. The molecule has 102 valence electrons. The normalized spacial score (nSPS) is 10.5. The molecule has 0 radical (unpaired) electrons. The third-order valence-electron chi connectivity index (χ3n) is 2.88. The quantitative estimate of drug-likeness (QED) is 0.810. The zero-order chi connectivity index (χ0) is 14.2. The van der Waals surface area contributed by atoms with Gasteiger partial charge < -0.3 is 20.1 Å². The van der Waals surface area contributed by atoms with Crippen LogP contribution in [0.25, 0.3) is 10.9 Å². The van der Waals surface area contributed by atoms with Gasteiger partial charge in [-0.05, 0) is 13.0 Å². The van der Waals surface area contributed by atoms with Crippen molar-refractivity contribution in [3.63, 3.8) is 0 Å². The highest BCUT2D eigenvalue weighted by atomic mass is 16.5. The van der Waals surface area contributed by atoms with Crippen molar-refractivity contribution in [3.8, 4) is 17.2 Å². The van der Waals surface area contributed by atoms with Crippen LogP contribution in [0.4, 0.5) is 0 Å². The molecule has 1 aromatic heterocycles. The van der Waals surface area contributed by atoms with Crippen molar-refractivity contribution in [2.75, 3.05) is 27.2 Å². The van der Waals surface area contributed by atoms with Gasteiger partial charge in [-0.25, -0.2) is 9.66 Å². The van der Waals surface area contributed by atoms with E-state index >= 15 is 0 Å². The zero-order valence-corrected chi connectivity index (χ0v) is 11.2. The molecular weight excluding hydrogens is 250 g/mol. The lowest BCUT2D eigenvalue weighted by molar-refractivity contribution is 0.326. The Morgan fingerprint density at radius 3 is 2.32 bits per heavy atom. The zero-order valence-electron chi connectivity index (χ0n) is 11.2. The van der Waals surface area contributed by atoms with Gasteiger partial charge in [0.05, 0.1) is 26.7 Å². The molecule has 0 aliphatic heterocycles. The molecule has 2 aromatic rings. The number of nitrogens with two attached hydrogens (primary N) is 1. The van der Waals surface area contributed by atoms with E-state index < -0.39 is 0 Å². The number of aromatic nitrogens is 2. The first-order chi connectivity index (χ1) is 9.04. The number of fused-ring (bicyclic) bond motifs is 1. The molecule has 2 N–H and O–H groups in total. The molecule has 0 aliphatic carbocycles. The first-order valence-electron chi connectivity index (χ1n) is 5.52. The molecule has 0 atom stereocenters. The summed E-state index contributed by atoms with van der Waals surface area (Å²) in [6.45, 7) is 1.64. The van der Waals surface area contributed by atoms with Crippen molar-refractivity contribution in [1.29, 1.82) is 0 Å². The minimum Gasteiger partial charge on any atom is -0.493 e. The van der Waals surface area contributed by atoms with Gasteiger partial charge >= 0.3 is 0 Å². The largest absolute Gasteiger partial charge is 0.493 e. The summed E-state index contributed by atoms with van der Waals surface area (Å²) >= 11 is 0. The Balaban J connectivity index is 3.01. The van der Waals surface area contributed by atoms with Crippen LogP contribution in [0.3, 0.4) is 0 Å². The lowest BCUT2D eigenvalue weighted by Crippen LogP contribution is -2.30. The highest BCUT2D eigenvalue weighted by molar-refractivity contribution is 5.89. The van der Waals surface area contributed by atoms with E-state index in [-0.39, 0.29) is 5.56 Å². The highest BCUT2D eigenvalue weighted by Gasteiger charge is 2.20. The van der Waals surface area contributed by atoms with Gasteiger partial charge in [0.15, 0.2) is 11.5 Å². The number of nitrogens with zero attached hydrogens (tertiary/aromatic N) is 2. The number of aryl methyl sites for hydroxylation is 1. The minimum atomic E-state index is -0.373. The molecule has 1 aromatic carbocycles. The molecular formula is C12H15N3O4. The number of benzene rings is 1. The molecule has 0 spiro atoms. The molecule has 0 fully saturated rings. The van der Waals surface area contributed by atoms with E-state index in [1.165, 1.54) is 27.4 Å². The van der Waals surface area contributed by atoms with Gasteiger partial charge in [0.1, 0.15) is 11.3 Å². The van der Waals surface area contributed by atoms with E-state index in [1.54, 1.807) is 6.92 Å². The number of ether oxygens (including phenoxy) is 3. The summed E-state index contributed by atoms with van der Waals surface area (Å²) < 4.78 is 16.7. The van der Waals surface area contributed by atoms with Crippen molar-refractivity contribution < 1.29 is 14.2 Å². The average molecular weight is 265 g/mol. The van der Waals surface area contributed by atoms with Crippen LogP contribution in [-0.4, -0.2) is 31.0 Å². The van der Waals surface area contributed by atoms with E-state index in [0.717, 1.165) is 4.68 Å². The maximum absolute atomic E-state index is 12.1. The van der Waals surface area contributed by atoms with Crippen molar-refractivity contribution in [3.05, 3.63) is 22.2 Å². The summed E-state index contributed by atoms with van der Waals surface area (Å²) in [6, 6.07) is 1.54. The number of rotatable bonds is 3. The first-order valence-corrected chi connectivity index (χ1v) is 5.52. The van der Waals surface area contributed by atoms with Gasteiger partial charge in [0.2, 0.25) is 5.75 Å². The van der Waals surface area contributed by atoms with Crippen LogP contribution < -0.4 is 25.6 Å². The molecule has 0 bridgehead atoms. The minimum absolute atomic E-state index is 0.308. The van der Waals surface area contributed by atoms with E-state index in [1.807, 2.05) is 0 Å². The smallest absolute Gasteiger partial charge is 0.280 e. The van der Waals surface area contributed by atoms with Crippen molar-refractivity contribution in [2.45, 2.75) is 6.92 Å². The number of hydrogen-bond donors (Lipinski definition) is 1. The van der Waals surface area contributed by atoms with E-state index in [2.05, 4.69) is 4.98 Å². The number of nitrogen functional groups attached to an aromatic ring is 1. The highest BCUT2D eigenvalue weighted by Crippen LogP contribution is 2.41. The predicted molar refractivity (Wildman–Crippen MR) is 70.5 cm³/mol. The van der Waals surface area contributed by atoms with Crippen LogP contribution in [-0.2, 0) is 0 Å². The van der Waals surface area contributed by atoms with Gasteiger partial charge in [-0.1, -0.05) is 0 Å². The molecule has 7 heteroatoms. The molecule has 0 amide bonds. The summed E-state index contributed by atoms with van der Waals surface area (Å²) in [5.74, 6) is 7.12. The Kier molecular flexibility index (Phi) is 3.20. The average Bonchev–Trinajstić information content (AvgIpc) is 2.43. The fraction of sp³-hybridized carbons (Fsp3) is 0.333. The van der Waals surface area contributed by atoms with Crippen molar-refractivity contribution >= 4 is 10.9 Å². The molecule has 0 saturated heterocycles. The molecule has 2 rings (SSSR count). The van der Waals surface area contributed by atoms with Crippen LogP contribution in [0, 0.1) is 6.92 Å². The van der Waals surface area contributed by atoms with Crippen LogP contribution in [0.5, 0.6) is 17.2 Å². The lowest BCUT2D eigenvalue weighted by atomic mass is 10.2. The van der Waals surface area contributed by atoms with Crippen LogP contribution in [0.2, 0.25) is 0 Å². The molecule has 0 aliphatic rings. The fourth-order valence-corrected chi connectivity index (χ4v) is 1.91. The van der Waals surface area contributed by atoms with Crippen LogP contribution >= 0.6 is 0 Å². The van der Waals surface area contributed by atoms with Crippen molar-refractivity contribution in [1.82, 2.24) is 9.66 Å². The van der Waals surface area contributed by atoms with Gasteiger partial charge in [-0.2, -0.15) is 0 Å². The van der Waals surface area contributed by atoms with Gasteiger partial charge in [0.25, 0.3) is 5.56 Å². The Morgan fingerprint density at radius 1 is 1.16 bits per heavy atom. The summed E-state index contributed by atoms with van der Waals surface area (Å²) in [5.41, 5.74) is 0.0195. The van der Waals surface area contributed by atoms with Gasteiger partial charge in [0, 0.05) is 0 Å². The summed E-state index contributed by atoms with van der Waals surface area (Å²) in [4.78, 5) is 16.4. The number of methoxy groups -OCH3 is 3. The SMILES string of the molecule is COc1cc2c(=O)n(N)c(C)nc2c(OC)c1OC. The standard InChI is InChI=1S/C12H15N3O4/c1-6-14-9-7(12(16)15(6)13)5-8(17-2)10(18-3)11(9)19-4/h5H,13H2,1-4H3. The Bertz CT molecular complexity index is 694. The van der Waals surface area contributed by atoms with E-state index in [9.17, 15) is 4.79 Å². The molecule has 0 unspecified atom stereocenters. The molecule has 19 heavy (non-hydrogen) atoms. The second-order valence-corrected chi connectivity index (χ2v) is 3.88. The monoisotopic (exact) mass is 265 g/mol. The van der Waals surface area contributed by atoms with Crippen LogP contribution in [0.15, 0.2) is 10.9 Å². The van der Waals surface area contributed by atoms with Gasteiger partial charge in [-0.3, -0.25) is 4.79 Å². The summed E-state index contributed by atoms with van der Waals surface area (Å²) in [6.07, 6.45) is 0. The third-order valence-corrected chi connectivity index (χ3v) is 2.88. The first kappa shape index (κ1) is 13.0. The topological polar surface area (TPSA) is 88.6 Å². The maximum atomic E-state index is 12.1. The lowest BCUT2D eigenvalue weighted by Gasteiger charge is -2.14. The molecule has 7 nitrogen and oxygen atoms in total. The Hall–Kier alpha value is -2.44. The van der Waals surface area contributed by atoms with Gasteiger partial charge in [-0.15, -0.1) is 0 Å². The van der Waals surface area contributed by atoms with Crippen LogP contribution in [0.1, 0.15) is 5.82 Å². The second-order valence-electron chi connectivity index (χ2n) is 3.88. The molecule has 1 heterocycles. The predicted octanol–water partition coefficient (Wildman–Crippen LogP) is 0.445. The fourth-order valence-electron chi connectivity index (χ4n) is 1.91. The summed E-state index contributed by atoms with van der Waals surface area (Å²) in [7, 11) is 4.44. The van der Waals surface area contributed by atoms with E-state index in [0.29, 0.717) is 34.0 Å².